The Morgan fingerprint density at radius 2 is 1.05 bits per heavy atom. The highest BCUT2D eigenvalue weighted by molar-refractivity contribution is 6.85. The Morgan fingerprint density at radius 1 is 0.714 bits per heavy atom. The SMILES string of the molecule is CO[Si](C)(CCCN)O[Si](C)(C)O[Si](C)(CCCN)OC. The van der Waals surface area contributed by atoms with Gasteiger partial charge < -0.3 is 28.5 Å². The van der Waals surface area contributed by atoms with Gasteiger partial charge in [0.05, 0.1) is 0 Å². The number of rotatable bonds is 12. The maximum Gasteiger partial charge on any atom is 0.325 e. The van der Waals surface area contributed by atoms with Crippen LogP contribution in [-0.2, 0) is 17.1 Å². The van der Waals surface area contributed by atoms with E-state index in [-0.39, 0.29) is 0 Å². The van der Waals surface area contributed by atoms with Crippen LogP contribution in [0.3, 0.4) is 0 Å². The second-order valence-electron chi connectivity index (χ2n) is 6.06. The van der Waals surface area contributed by atoms with Crippen molar-refractivity contribution in [1.82, 2.24) is 0 Å². The summed E-state index contributed by atoms with van der Waals surface area (Å²) in [6.07, 6.45) is 1.82. The summed E-state index contributed by atoms with van der Waals surface area (Å²) in [5, 5.41) is 0. The molecule has 0 fully saturated rings. The quantitative estimate of drug-likeness (QED) is 0.520. The summed E-state index contributed by atoms with van der Waals surface area (Å²) >= 11 is 0. The first-order valence-electron chi connectivity index (χ1n) is 7.56. The molecule has 21 heavy (non-hydrogen) atoms. The fourth-order valence-electron chi connectivity index (χ4n) is 2.30. The van der Waals surface area contributed by atoms with Crippen LogP contribution in [0, 0.1) is 0 Å². The zero-order valence-electron chi connectivity index (χ0n) is 14.5. The van der Waals surface area contributed by atoms with Gasteiger partial charge in [0.25, 0.3) is 0 Å². The molecule has 0 aliphatic rings. The van der Waals surface area contributed by atoms with Gasteiger partial charge in [-0.3, -0.25) is 0 Å². The molecule has 0 bridgehead atoms. The first-order chi connectivity index (χ1) is 9.66. The molecule has 0 heterocycles. The van der Waals surface area contributed by atoms with Crippen LogP contribution < -0.4 is 11.5 Å². The van der Waals surface area contributed by atoms with Crippen LogP contribution in [-0.4, -0.2) is 53.0 Å². The van der Waals surface area contributed by atoms with E-state index in [9.17, 15) is 0 Å². The summed E-state index contributed by atoms with van der Waals surface area (Å²) in [5.74, 6) is 0. The molecule has 0 amide bonds. The molecule has 0 saturated heterocycles. The van der Waals surface area contributed by atoms with Crippen LogP contribution >= 0.6 is 0 Å². The summed E-state index contributed by atoms with van der Waals surface area (Å²) in [7, 11) is -3.34. The minimum Gasteiger partial charge on any atom is -0.415 e. The van der Waals surface area contributed by atoms with Crippen molar-refractivity contribution < 1.29 is 17.1 Å². The van der Waals surface area contributed by atoms with E-state index in [2.05, 4.69) is 26.2 Å². The Kier molecular flexibility index (Phi) is 9.71. The Bertz CT molecular complexity index is 274. The lowest BCUT2D eigenvalue weighted by Gasteiger charge is -2.39. The topological polar surface area (TPSA) is 89.0 Å². The molecular weight excluding hydrogens is 320 g/mol. The molecule has 0 saturated carbocycles. The lowest BCUT2D eigenvalue weighted by Crippen LogP contribution is -2.56. The van der Waals surface area contributed by atoms with Crippen LogP contribution in [0.4, 0.5) is 0 Å². The zero-order chi connectivity index (χ0) is 16.6. The van der Waals surface area contributed by atoms with E-state index in [0.29, 0.717) is 13.1 Å². The molecule has 0 aliphatic heterocycles. The van der Waals surface area contributed by atoms with Crippen molar-refractivity contribution in [3.63, 3.8) is 0 Å². The summed E-state index contributed by atoms with van der Waals surface area (Å²) in [4.78, 5) is 0. The zero-order valence-corrected chi connectivity index (χ0v) is 17.5. The number of nitrogens with two attached hydrogens (primary N) is 2. The maximum atomic E-state index is 6.36. The highest BCUT2D eigenvalue weighted by Crippen LogP contribution is 2.26. The van der Waals surface area contributed by atoms with E-state index in [1.54, 1.807) is 14.2 Å². The molecule has 6 nitrogen and oxygen atoms in total. The smallest absolute Gasteiger partial charge is 0.325 e. The van der Waals surface area contributed by atoms with Gasteiger partial charge in [0.15, 0.2) is 0 Å². The van der Waals surface area contributed by atoms with Gasteiger partial charge in [-0.25, -0.2) is 0 Å². The molecule has 0 rings (SSSR count). The third-order valence-corrected chi connectivity index (χ3v) is 15.1. The lowest BCUT2D eigenvalue weighted by atomic mass is 10.5. The summed E-state index contributed by atoms with van der Waals surface area (Å²) < 4.78 is 24.1. The lowest BCUT2D eigenvalue weighted by molar-refractivity contribution is 0.239. The highest BCUT2D eigenvalue weighted by atomic mass is 28.5. The van der Waals surface area contributed by atoms with E-state index in [1.807, 2.05) is 0 Å². The van der Waals surface area contributed by atoms with E-state index in [4.69, 9.17) is 28.5 Å². The Morgan fingerprint density at radius 3 is 1.29 bits per heavy atom. The minimum absolute atomic E-state index is 0.652. The van der Waals surface area contributed by atoms with Crippen molar-refractivity contribution in [3.05, 3.63) is 0 Å². The molecule has 0 aromatic carbocycles. The molecule has 4 N–H and O–H groups in total. The van der Waals surface area contributed by atoms with Crippen molar-refractivity contribution >= 4 is 25.7 Å². The van der Waals surface area contributed by atoms with Gasteiger partial charge in [-0.05, 0) is 64.2 Å². The van der Waals surface area contributed by atoms with Crippen LogP contribution in [0.25, 0.3) is 0 Å². The van der Waals surface area contributed by atoms with Crippen LogP contribution in [0.2, 0.25) is 38.3 Å². The van der Waals surface area contributed by atoms with Gasteiger partial charge in [-0.15, -0.1) is 0 Å². The van der Waals surface area contributed by atoms with Gasteiger partial charge >= 0.3 is 25.7 Å². The Hall–Kier alpha value is 0.411. The summed E-state index contributed by atoms with van der Waals surface area (Å²) in [6.45, 7) is 9.58. The van der Waals surface area contributed by atoms with Crippen molar-refractivity contribution in [3.8, 4) is 0 Å². The number of hydrogen-bond acceptors (Lipinski definition) is 6. The second kappa shape index (κ2) is 9.53. The van der Waals surface area contributed by atoms with E-state index in [1.165, 1.54) is 0 Å². The van der Waals surface area contributed by atoms with Crippen molar-refractivity contribution in [1.29, 1.82) is 0 Å². The molecule has 9 heteroatoms. The fourth-order valence-corrected chi connectivity index (χ4v) is 14.7. The monoisotopic (exact) mass is 354 g/mol. The average molecular weight is 355 g/mol. The summed E-state index contributed by atoms with van der Waals surface area (Å²) in [5.41, 5.74) is 11.2. The first-order valence-corrected chi connectivity index (χ1v) is 15.4. The fraction of sp³-hybridized carbons (Fsp3) is 1.00. The van der Waals surface area contributed by atoms with Gasteiger partial charge in [0.2, 0.25) is 0 Å². The summed E-state index contributed by atoms with van der Waals surface area (Å²) in [6, 6.07) is 1.77. The number of hydrogen-bond donors (Lipinski definition) is 2. The molecule has 0 aliphatic carbocycles. The molecule has 0 aromatic heterocycles. The minimum atomic E-state index is -2.32. The molecule has 0 radical (unpaired) electrons. The predicted molar refractivity (Wildman–Crippen MR) is 93.9 cm³/mol. The van der Waals surface area contributed by atoms with Crippen LogP contribution in [0.15, 0.2) is 0 Å². The third kappa shape index (κ3) is 8.57. The predicted octanol–water partition coefficient (Wildman–Crippen LogP) is 1.86. The molecule has 2 atom stereocenters. The normalized spacial score (nSPS) is 18.3. The van der Waals surface area contributed by atoms with E-state index < -0.39 is 25.7 Å². The highest BCUT2D eigenvalue weighted by Gasteiger charge is 2.44. The average Bonchev–Trinajstić information content (AvgIpc) is 2.42. The van der Waals surface area contributed by atoms with Crippen molar-refractivity contribution in [2.45, 2.75) is 51.1 Å². The Labute approximate surface area is 133 Å². The molecule has 0 aromatic rings. The van der Waals surface area contributed by atoms with Crippen LogP contribution in [0.1, 0.15) is 12.8 Å². The molecule has 0 spiro atoms. The third-order valence-electron chi connectivity index (χ3n) is 3.46. The Balaban J connectivity index is 4.77. The molecule has 2 unspecified atom stereocenters. The van der Waals surface area contributed by atoms with Gasteiger partial charge in [-0.1, -0.05) is 0 Å². The van der Waals surface area contributed by atoms with E-state index in [0.717, 1.165) is 24.9 Å². The van der Waals surface area contributed by atoms with Crippen molar-refractivity contribution in [2.24, 2.45) is 11.5 Å². The largest absolute Gasteiger partial charge is 0.415 e. The van der Waals surface area contributed by atoms with Gasteiger partial charge in [0.1, 0.15) is 0 Å². The van der Waals surface area contributed by atoms with Crippen LogP contribution in [0.5, 0.6) is 0 Å². The van der Waals surface area contributed by atoms with Crippen molar-refractivity contribution in [2.75, 3.05) is 27.3 Å². The molecule has 128 valence electrons. The van der Waals surface area contributed by atoms with Gasteiger partial charge in [0, 0.05) is 14.2 Å². The maximum absolute atomic E-state index is 6.36. The first kappa shape index (κ1) is 21.4. The van der Waals surface area contributed by atoms with Gasteiger partial charge in [-0.2, -0.15) is 0 Å². The standard InChI is InChI=1S/C12H34N2O4Si3/c1-15-20(5,11-7-9-13)17-19(3,4)18-21(6,16-2)12-8-10-14/h7-14H2,1-6H3. The second-order valence-corrected chi connectivity index (χ2v) is 16.8. The van der Waals surface area contributed by atoms with E-state index >= 15 is 0 Å². The molecular formula is C12H34N2O4Si3.